The standard InChI is InChI=1S/C20H15ClFN3O2/c1-11-16(10-12-3-2-4-13(21)9-12)18(26)17-19(23-11)24-25(20(17)27)15-7-5-14(22)6-8-15/h2-9H,10H2,1H3,(H2,23,24,26). The minimum Gasteiger partial charge on any atom is -0.343 e. The molecule has 27 heavy (non-hydrogen) atoms. The zero-order chi connectivity index (χ0) is 19.1. The van der Waals surface area contributed by atoms with Crippen molar-refractivity contribution in [2.24, 2.45) is 0 Å². The smallest absolute Gasteiger partial charge is 0.284 e. The largest absolute Gasteiger partial charge is 0.343 e. The SMILES string of the molecule is Cc1[nH]c2[nH]n(-c3ccc(F)cc3)c(=O)c2c(=O)c1Cc1cccc(Cl)c1. The molecule has 0 aliphatic heterocycles. The van der Waals surface area contributed by atoms with Gasteiger partial charge in [0.1, 0.15) is 16.9 Å². The summed E-state index contributed by atoms with van der Waals surface area (Å²) < 4.78 is 14.4. The van der Waals surface area contributed by atoms with Crippen LogP contribution in [0.4, 0.5) is 4.39 Å². The lowest BCUT2D eigenvalue weighted by molar-refractivity contribution is 0.627. The number of halogens is 2. The average Bonchev–Trinajstić information content (AvgIpc) is 2.96. The molecule has 0 saturated heterocycles. The van der Waals surface area contributed by atoms with Crippen LogP contribution < -0.4 is 11.0 Å². The normalized spacial score (nSPS) is 11.2. The fraction of sp³-hybridized carbons (Fsp3) is 0.100. The lowest BCUT2D eigenvalue weighted by Crippen LogP contribution is -2.21. The Morgan fingerprint density at radius 3 is 2.56 bits per heavy atom. The van der Waals surface area contributed by atoms with Crippen LogP contribution >= 0.6 is 11.6 Å². The van der Waals surface area contributed by atoms with E-state index >= 15 is 0 Å². The molecular weight excluding hydrogens is 369 g/mol. The fourth-order valence-corrected chi connectivity index (χ4v) is 3.37. The van der Waals surface area contributed by atoms with Crippen molar-refractivity contribution >= 4 is 22.6 Å². The maximum Gasteiger partial charge on any atom is 0.284 e. The molecule has 2 aromatic carbocycles. The van der Waals surface area contributed by atoms with Gasteiger partial charge in [-0.3, -0.25) is 14.7 Å². The zero-order valence-electron chi connectivity index (χ0n) is 14.3. The summed E-state index contributed by atoms with van der Waals surface area (Å²) in [6.45, 7) is 1.79. The summed E-state index contributed by atoms with van der Waals surface area (Å²) in [4.78, 5) is 28.9. The molecular formula is C20H15ClFN3O2. The Kier molecular flexibility index (Phi) is 4.20. The number of rotatable bonds is 3. The molecule has 0 fully saturated rings. The van der Waals surface area contributed by atoms with Crippen LogP contribution in [-0.4, -0.2) is 14.8 Å². The van der Waals surface area contributed by atoms with Crippen molar-refractivity contribution in [1.82, 2.24) is 14.8 Å². The quantitative estimate of drug-likeness (QED) is 0.566. The molecule has 2 heterocycles. The number of fused-ring (bicyclic) bond motifs is 1. The first-order valence-corrected chi connectivity index (χ1v) is 8.68. The molecule has 0 bridgehead atoms. The minimum atomic E-state index is -0.481. The van der Waals surface area contributed by atoms with Crippen molar-refractivity contribution in [3.8, 4) is 5.69 Å². The highest BCUT2D eigenvalue weighted by Gasteiger charge is 2.17. The van der Waals surface area contributed by atoms with Gasteiger partial charge in [0, 0.05) is 22.7 Å². The minimum absolute atomic E-state index is 0.0435. The summed E-state index contributed by atoms with van der Waals surface area (Å²) in [5.74, 6) is -0.404. The van der Waals surface area contributed by atoms with E-state index < -0.39 is 11.4 Å². The van der Waals surface area contributed by atoms with Gasteiger partial charge in [0.05, 0.1) is 5.69 Å². The summed E-state index contributed by atoms with van der Waals surface area (Å²) >= 11 is 6.02. The molecule has 4 rings (SSSR count). The van der Waals surface area contributed by atoms with E-state index in [0.29, 0.717) is 34.0 Å². The Balaban J connectivity index is 1.88. The van der Waals surface area contributed by atoms with E-state index in [9.17, 15) is 14.0 Å². The molecule has 0 atom stereocenters. The van der Waals surface area contributed by atoms with Gasteiger partial charge in [0.2, 0.25) is 0 Å². The van der Waals surface area contributed by atoms with Gasteiger partial charge in [-0.05, 0) is 48.9 Å². The van der Waals surface area contributed by atoms with E-state index in [1.807, 2.05) is 12.1 Å². The highest BCUT2D eigenvalue weighted by Crippen LogP contribution is 2.16. The van der Waals surface area contributed by atoms with Gasteiger partial charge < -0.3 is 4.98 Å². The van der Waals surface area contributed by atoms with E-state index in [4.69, 9.17) is 11.6 Å². The van der Waals surface area contributed by atoms with E-state index in [-0.39, 0.29) is 10.8 Å². The molecule has 0 radical (unpaired) electrons. The second-order valence-electron chi connectivity index (χ2n) is 6.34. The first-order valence-electron chi connectivity index (χ1n) is 8.31. The number of hydrogen-bond donors (Lipinski definition) is 2. The van der Waals surface area contributed by atoms with Crippen molar-refractivity contribution in [3.63, 3.8) is 0 Å². The maximum absolute atomic E-state index is 13.1. The maximum atomic E-state index is 13.1. The van der Waals surface area contributed by atoms with Gasteiger partial charge in [-0.1, -0.05) is 23.7 Å². The number of hydrogen-bond acceptors (Lipinski definition) is 2. The Bertz CT molecular complexity index is 1270. The van der Waals surface area contributed by atoms with Gasteiger partial charge in [-0.2, -0.15) is 0 Å². The van der Waals surface area contributed by atoms with Crippen molar-refractivity contribution in [3.05, 3.63) is 96.8 Å². The van der Waals surface area contributed by atoms with Gasteiger partial charge in [0.25, 0.3) is 5.56 Å². The number of aromatic nitrogens is 3. The van der Waals surface area contributed by atoms with E-state index in [2.05, 4.69) is 10.1 Å². The molecule has 5 nitrogen and oxygen atoms in total. The Morgan fingerprint density at radius 2 is 1.85 bits per heavy atom. The number of aryl methyl sites for hydroxylation is 1. The summed E-state index contributed by atoms with van der Waals surface area (Å²) in [7, 11) is 0. The Morgan fingerprint density at radius 1 is 1.11 bits per heavy atom. The van der Waals surface area contributed by atoms with Crippen molar-refractivity contribution < 1.29 is 4.39 Å². The van der Waals surface area contributed by atoms with Crippen molar-refractivity contribution in [2.75, 3.05) is 0 Å². The van der Waals surface area contributed by atoms with Gasteiger partial charge in [-0.15, -0.1) is 0 Å². The van der Waals surface area contributed by atoms with Crippen LogP contribution in [0.1, 0.15) is 16.8 Å². The molecule has 7 heteroatoms. The predicted molar refractivity (Wildman–Crippen MR) is 103 cm³/mol. The topological polar surface area (TPSA) is 70.7 Å². The summed E-state index contributed by atoms with van der Waals surface area (Å²) in [6.07, 6.45) is 0.360. The molecule has 0 amide bonds. The van der Waals surface area contributed by atoms with Crippen molar-refractivity contribution in [2.45, 2.75) is 13.3 Å². The molecule has 2 N–H and O–H groups in total. The van der Waals surface area contributed by atoms with Gasteiger partial charge >= 0.3 is 0 Å². The monoisotopic (exact) mass is 383 g/mol. The number of pyridine rings is 1. The lowest BCUT2D eigenvalue weighted by atomic mass is 10.0. The number of benzene rings is 2. The van der Waals surface area contributed by atoms with Crippen LogP contribution in [0.3, 0.4) is 0 Å². The second-order valence-corrected chi connectivity index (χ2v) is 6.78. The van der Waals surface area contributed by atoms with Crippen LogP contribution in [0.5, 0.6) is 0 Å². The molecule has 0 spiro atoms. The van der Waals surface area contributed by atoms with Gasteiger partial charge in [0.15, 0.2) is 5.43 Å². The molecule has 0 aliphatic carbocycles. The third-order valence-electron chi connectivity index (χ3n) is 4.51. The number of nitrogens with one attached hydrogen (secondary N) is 2. The summed E-state index contributed by atoms with van der Waals surface area (Å²) in [5, 5.41) is 3.52. The van der Waals surface area contributed by atoms with Gasteiger partial charge in [-0.25, -0.2) is 9.07 Å². The summed E-state index contributed by atoms with van der Waals surface area (Å²) in [5.41, 5.74) is 2.02. The third kappa shape index (κ3) is 3.08. The van der Waals surface area contributed by atoms with Crippen LogP contribution in [0.25, 0.3) is 16.7 Å². The Hall–Kier alpha value is -3.12. The third-order valence-corrected chi connectivity index (χ3v) is 4.75. The molecule has 0 saturated carbocycles. The van der Waals surface area contributed by atoms with Crippen LogP contribution in [0.2, 0.25) is 5.02 Å². The lowest BCUT2D eigenvalue weighted by Gasteiger charge is -2.06. The zero-order valence-corrected chi connectivity index (χ0v) is 15.1. The number of H-pyrrole nitrogens is 2. The second kappa shape index (κ2) is 6.55. The van der Waals surface area contributed by atoms with Crippen LogP contribution in [0.15, 0.2) is 58.1 Å². The molecule has 0 unspecified atom stereocenters. The number of nitrogens with zero attached hydrogens (tertiary/aromatic N) is 1. The van der Waals surface area contributed by atoms with E-state index in [0.717, 1.165) is 5.56 Å². The van der Waals surface area contributed by atoms with Crippen LogP contribution in [0, 0.1) is 12.7 Å². The highest BCUT2D eigenvalue weighted by atomic mass is 35.5. The van der Waals surface area contributed by atoms with E-state index in [1.165, 1.54) is 28.9 Å². The molecule has 2 aromatic heterocycles. The van der Waals surface area contributed by atoms with Crippen LogP contribution in [-0.2, 0) is 6.42 Å². The molecule has 0 aliphatic rings. The molecule has 136 valence electrons. The first kappa shape index (κ1) is 17.3. The van der Waals surface area contributed by atoms with Crippen molar-refractivity contribution in [1.29, 1.82) is 0 Å². The average molecular weight is 384 g/mol. The Labute approximate surface area is 158 Å². The highest BCUT2D eigenvalue weighted by molar-refractivity contribution is 6.30. The first-order chi connectivity index (χ1) is 12.9. The fourth-order valence-electron chi connectivity index (χ4n) is 3.16. The summed E-state index contributed by atoms with van der Waals surface area (Å²) in [6, 6.07) is 12.7. The molecule has 4 aromatic rings. The predicted octanol–water partition coefficient (Wildman–Crippen LogP) is 3.70. The van der Waals surface area contributed by atoms with E-state index in [1.54, 1.807) is 19.1 Å². The number of aromatic amines is 2.